The van der Waals surface area contributed by atoms with Gasteiger partial charge in [0.2, 0.25) is 5.91 Å². The van der Waals surface area contributed by atoms with Crippen molar-refractivity contribution in [1.29, 1.82) is 0 Å². The van der Waals surface area contributed by atoms with Gasteiger partial charge in [0.05, 0.1) is 97.0 Å². The number of hydrogen-bond acceptors (Lipinski definition) is 24. The summed E-state index contributed by atoms with van der Waals surface area (Å²) in [5, 5.41) is 64.3. The van der Waals surface area contributed by atoms with Crippen LogP contribution >= 0.6 is 0 Å². The molecule has 1 rings (SSSR count). The van der Waals surface area contributed by atoms with Crippen LogP contribution in [0.1, 0.15) is 113 Å². The number of carboxylic acids is 1. The zero-order valence-corrected chi connectivity index (χ0v) is 46.6. The lowest BCUT2D eigenvalue weighted by atomic mass is 10.2. The Bertz CT molecular complexity index is 1450. The molecule has 0 spiro atoms. The van der Waals surface area contributed by atoms with E-state index in [4.69, 9.17) is 92.6 Å². The molecule has 3 amide bonds. The molecule has 8 N–H and O–H groups in total. The van der Waals surface area contributed by atoms with Gasteiger partial charge in [-0.3, -0.25) is 33.7 Å². The summed E-state index contributed by atoms with van der Waals surface area (Å²) in [6.07, 6.45) is 2.81. The minimum Gasteiger partial charge on any atom is -0.481 e. The Morgan fingerprint density at radius 1 is 0.526 bits per heavy atom. The van der Waals surface area contributed by atoms with E-state index in [1.54, 1.807) is 0 Å². The van der Waals surface area contributed by atoms with Crippen LogP contribution in [0, 0.1) is 0 Å². The van der Waals surface area contributed by atoms with Crippen molar-refractivity contribution in [2.75, 3.05) is 120 Å². The van der Waals surface area contributed by atoms with Gasteiger partial charge in [0, 0.05) is 72.3 Å². The highest BCUT2D eigenvalue weighted by atomic mass is 16.7. The van der Waals surface area contributed by atoms with E-state index in [2.05, 4.69) is 5.32 Å². The zero-order valence-electron chi connectivity index (χ0n) is 46.6. The molecule has 0 aromatic carbocycles. The fourth-order valence-electron chi connectivity index (χ4n) is 5.54. The number of nitrogens with one attached hydrogen (secondary N) is 1. The first kappa shape index (κ1) is 80.6. The van der Waals surface area contributed by atoms with Crippen LogP contribution in [-0.2, 0) is 85.6 Å². The molecular weight excluding hydrogens is 1040 g/mol. The summed E-state index contributed by atoms with van der Waals surface area (Å²) in [5.41, 5.74) is 0. The first-order valence-corrected chi connectivity index (χ1v) is 26.0. The van der Waals surface area contributed by atoms with E-state index >= 15 is 0 Å². The van der Waals surface area contributed by atoms with Gasteiger partial charge in [0.15, 0.2) is 25.2 Å². The van der Waals surface area contributed by atoms with Crippen molar-refractivity contribution < 1.29 is 121 Å². The van der Waals surface area contributed by atoms with Crippen LogP contribution in [0.3, 0.4) is 0 Å². The highest BCUT2D eigenvalue weighted by Gasteiger charge is 2.23. The van der Waals surface area contributed by atoms with Gasteiger partial charge in [-0.2, -0.15) is 0 Å². The highest BCUT2D eigenvalue weighted by Crippen LogP contribution is 2.09. The lowest BCUT2D eigenvalue weighted by Gasteiger charge is -2.21. The average Bonchev–Trinajstić information content (AvgIpc) is 3.76. The molecule has 0 aliphatic carbocycles. The molecule has 27 nitrogen and oxygen atoms in total. The van der Waals surface area contributed by atoms with Crippen molar-refractivity contribution in [3.63, 3.8) is 0 Å². The van der Waals surface area contributed by atoms with Crippen LogP contribution in [0.5, 0.6) is 0 Å². The van der Waals surface area contributed by atoms with E-state index in [-0.39, 0.29) is 148 Å². The van der Waals surface area contributed by atoms with Gasteiger partial charge in [-0.05, 0) is 44.9 Å². The van der Waals surface area contributed by atoms with E-state index in [0.29, 0.717) is 65.1 Å². The second kappa shape index (κ2) is 56.4. The lowest BCUT2D eigenvalue weighted by molar-refractivity contribution is -0.194. The number of aliphatic hydroxyl groups excluding tert-OH is 6. The molecule has 1 aliphatic rings. The number of aliphatic hydroxyl groups is 6. The number of carbonyl (C=O) groups excluding carboxylic acids is 5. The molecule has 0 aromatic rings. The van der Waals surface area contributed by atoms with Crippen LogP contribution in [0.2, 0.25) is 0 Å². The molecule has 1 heterocycles. The van der Waals surface area contributed by atoms with Gasteiger partial charge >= 0.3 is 17.9 Å². The molecule has 0 fully saturated rings. The number of carbonyl (C=O) groups is 6. The van der Waals surface area contributed by atoms with E-state index in [1.807, 2.05) is 34.6 Å². The average molecular weight is 1140 g/mol. The SMILES string of the molecule is C.CCC(CO)OC(CO)OC.CCC(CO)OC(COC(=O)CCCC(=O)NCCOCCOCCN1C(=O)C=CC1=O)OC.CCC(CO)OC(COC(=O)CCCC(=O)O)OC.CCCOC(CO)OC(CC)CO. The Morgan fingerprint density at radius 3 is 1.29 bits per heavy atom. The molecule has 1 aliphatic heterocycles. The number of ether oxygens (including phenoxy) is 12. The number of esters is 2. The van der Waals surface area contributed by atoms with Crippen LogP contribution in [0.15, 0.2) is 12.2 Å². The maximum absolute atomic E-state index is 11.8. The predicted octanol–water partition coefficient (Wildman–Crippen LogP) is 0.973. The molecule has 462 valence electrons. The first-order valence-electron chi connectivity index (χ1n) is 26.0. The van der Waals surface area contributed by atoms with Crippen LogP contribution < -0.4 is 5.32 Å². The van der Waals surface area contributed by atoms with E-state index in [9.17, 15) is 28.8 Å². The number of imide groups is 1. The highest BCUT2D eigenvalue weighted by molar-refractivity contribution is 6.12. The minimum absolute atomic E-state index is 0. The van der Waals surface area contributed by atoms with Gasteiger partial charge in [0.1, 0.15) is 13.2 Å². The van der Waals surface area contributed by atoms with Gasteiger partial charge in [-0.15, -0.1) is 0 Å². The van der Waals surface area contributed by atoms with Crippen LogP contribution in [0.25, 0.3) is 0 Å². The number of hydrogen-bond donors (Lipinski definition) is 8. The van der Waals surface area contributed by atoms with Gasteiger partial charge in [-0.25, -0.2) is 0 Å². The summed E-state index contributed by atoms with van der Waals surface area (Å²) in [6.45, 7) is 10.8. The summed E-state index contributed by atoms with van der Waals surface area (Å²) in [5.74, 6) is -2.79. The molecule has 8 atom stereocenters. The normalized spacial score (nSPS) is 14.8. The van der Waals surface area contributed by atoms with Crippen molar-refractivity contribution in [3.05, 3.63) is 12.2 Å². The first-order chi connectivity index (χ1) is 37.0. The third-order valence-corrected chi connectivity index (χ3v) is 10.2. The standard InChI is InChI=1S/C22H36N2O10.C12H22O7.C9H20O4.C7H16O4.CH4/c1-3-17(15-25)34-22(30-2)16-33-21(29)6-4-5-18(26)23-9-11-31-13-14-32-12-10-24-19(27)7-8-20(24)28;1-3-9(7-13)19-12(17-2)8-18-11(16)6-4-5-10(14)15;1-3-5-12-9(7-11)13-8(4-2)6-10;1-3-6(4-8)11-7(5-9)10-2;/h7-8,17,22,25H,3-6,9-16H2,1-2H3,(H,23,26);9,12-13H,3-8H2,1-2H3,(H,14,15);8-11H,3-7H2,1-2H3;6-9H,3-5H2,1-2H3;1H4. The molecule has 27 heteroatoms. The summed E-state index contributed by atoms with van der Waals surface area (Å²) in [4.78, 5) is 69.0. The molecule has 0 saturated heterocycles. The largest absolute Gasteiger partial charge is 0.481 e. The Labute approximate surface area is 461 Å². The number of methoxy groups -OCH3 is 3. The quantitative estimate of drug-likeness (QED) is 0.0182. The molecular formula is C51H98N2O25. The smallest absolute Gasteiger partial charge is 0.305 e. The van der Waals surface area contributed by atoms with Crippen molar-refractivity contribution in [2.24, 2.45) is 0 Å². The van der Waals surface area contributed by atoms with Crippen LogP contribution in [0.4, 0.5) is 0 Å². The number of nitrogens with zero attached hydrogens (tertiary/aromatic N) is 1. The third kappa shape index (κ3) is 45.9. The Kier molecular flexibility index (Phi) is 58.3. The zero-order chi connectivity index (χ0) is 58.7. The van der Waals surface area contributed by atoms with E-state index < -0.39 is 43.1 Å². The molecule has 0 saturated carbocycles. The lowest BCUT2D eigenvalue weighted by Crippen LogP contribution is -2.33. The van der Waals surface area contributed by atoms with Crippen molar-refractivity contribution in [2.45, 2.75) is 162 Å². The van der Waals surface area contributed by atoms with Gasteiger partial charge in [-0.1, -0.05) is 42.0 Å². The Hall–Kier alpha value is -3.88. The number of amides is 3. The van der Waals surface area contributed by atoms with Crippen molar-refractivity contribution in [3.8, 4) is 0 Å². The van der Waals surface area contributed by atoms with Crippen LogP contribution in [-0.4, -0.2) is 246 Å². The maximum Gasteiger partial charge on any atom is 0.305 e. The van der Waals surface area contributed by atoms with E-state index in [0.717, 1.165) is 11.3 Å². The second-order valence-electron chi connectivity index (χ2n) is 16.3. The minimum atomic E-state index is -0.945. The second-order valence-corrected chi connectivity index (χ2v) is 16.3. The third-order valence-electron chi connectivity index (χ3n) is 10.2. The monoisotopic (exact) mass is 1140 g/mol. The van der Waals surface area contributed by atoms with Crippen molar-refractivity contribution >= 4 is 35.6 Å². The van der Waals surface area contributed by atoms with Gasteiger partial charge < -0.3 is 97.9 Å². The van der Waals surface area contributed by atoms with E-state index in [1.165, 1.54) is 33.5 Å². The van der Waals surface area contributed by atoms with Crippen molar-refractivity contribution in [1.82, 2.24) is 10.2 Å². The summed E-state index contributed by atoms with van der Waals surface area (Å²) in [7, 11) is 4.28. The topological polar surface area (TPSA) is 370 Å². The van der Waals surface area contributed by atoms with Gasteiger partial charge in [0.25, 0.3) is 11.8 Å². The number of carboxylic acid groups (broad SMARTS) is 1. The number of aliphatic carboxylic acids is 1. The fourth-order valence-corrected chi connectivity index (χ4v) is 5.54. The molecule has 0 bridgehead atoms. The number of rotatable bonds is 45. The summed E-state index contributed by atoms with van der Waals surface area (Å²) < 4.78 is 61.8. The molecule has 78 heavy (non-hydrogen) atoms. The molecule has 8 unspecified atom stereocenters. The maximum atomic E-state index is 11.8. The fraction of sp³-hybridized carbons (Fsp3) is 0.843. The molecule has 0 radical (unpaired) electrons. The Balaban J connectivity index is -0.000000522. The Morgan fingerprint density at radius 2 is 0.923 bits per heavy atom. The summed E-state index contributed by atoms with van der Waals surface area (Å²) >= 11 is 0. The summed E-state index contributed by atoms with van der Waals surface area (Å²) in [6, 6.07) is 0. The predicted molar refractivity (Wildman–Crippen MR) is 280 cm³/mol. The molecule has 0 aromatic heterocycles.